The fourth-order valence-electron chi connectivity index (χ4n) is 1.76. The molecule has 0 radical (unpaired) electrons. The second kappa shape index (κ2) is 8.76. The molecule has 1 aromatic heterocycles. The third-order valence-electron chi connectivity index (χ3n) is 2.86. The molecule has 0 bridgehead atoms. The number of hydrogen-bond acceptors (Lipinski definition) is 4. The zero-order valence-corrected chi connectivity index (χ0v) is 14.4. The molecule has 122 valence electrons. The summed E-state index contributed by atoms with van der Waals surface area (Å²) in [5, 5.41) is 10.6. The van der Waals surface area contributed by atoms with E-state index in [1.54, 1.807) is 29.5 Å². The minimum Gasteiger partial charge on any atom is -0.376 e. The molecule has 23 heavy (non-hydrogen) atoms. The lowest BCUT2D eigenvalue weighted by Gasteiger charge is -2.08. The van der Waals surface area contributed by atoms with Gasteiger partial charge in [-0.3, -0.25) is 10.1 Å². The second-order valence-corrected chi connectivity index (χ2v) is 6.46. The SMILES string of the molecule is O=C(CNc1ccc(Cl)c(Cl)c1)NC(=O)NCCc1cccs1. The molecule has 0 unspecified atom stereocenters. The largest absolute Gasteiger partial charge is 0.376 e. The summed E-state index contributed by atoms with van der Waals surface area (Å²) in [4.78, 5) is 24.4. The van der Waals surface area contributed by atoms with Crippen molar-refractivity contribution in [1.82, 2.24) is 10.6 Å². The summed E-state index contributed by atoms with van der Waals surface area (Å²) in [6.07, 6.45) is 0.737. The molecule has 0 spiro atoms. The third kappa shape index (κ3) is 6.09. The third-order valence-corrected chi connectivity index (χ3v) is 4.54. The van der Waals surface area contributed by atoms with E-state index in [2.05, 4.69) is 16.0 Å². The van der Waals surface area contributed by atoms with Crippen LogP contribution in [0.4, 0.5) is 10.5 Å². The van der Waals surface area contributed by atoms with Gasteiger partial charge in [0.15, 0.2) is 0 Å². The molecule has 5 nitrogen and oxygen atoms in total. The van der Waals surface area contributed by atoms with Gasteiger partial charge in [-0.05, 0) is 36.1 Å². The molecule has 8 heteroatoms. The van der Waals surface area contributed by atoms with Gasteiger partial charge in [-0.1, -0.05) is 29.3 Å². The topological polar surface area (TPSA) is 70.2 Å². The number of hydrogen-bond donors (Lipinski definition) is 3. The summed E-state index contributed by atoms with van der Waals surface area (Å²) in [6, 6.07) is 8.37. The summed E-state index contributed by atoms with van der Waals surface area (Å²) < 4.78 is 0. The molecule has 0 atom stereocenters. The van der Waals surface area contributed by atoms with E-state index in [1.165, 1.54) is 4.88 Å². The minimum absolute atomic E-state index is 0.0453. The van der Waals surface area contributed by atoms with Crippen LogP contribution in [0.1, 0.15) is 4.88 Å². The zero-order valence-electron chi connectivity index (χ0n) is 12.1. The van der Waals surface area contributed by atoms with Crippen LogP contribution < -0.4 is 16.0 Å². The number of nitrogens with one attached hydrogen (secondary N) is 3. The molecular formula is C15H15Cl2N3O2S. The summed E-state index contributed by atoms with van der Waals surface area (Å²) >= 11 is 13.3. The highest BCUT2D eigenvalue weighted by atomic mass is 35.5. The Kier molecular flexibility index (Phi) is 6.70. The molecule has 0 aliphatic rings. The van der Waals surface area contributed by atoms with Crippen molar-refractivity contribution in [2.24, 2.45) is 0 Å². The van der Waals surface area contributed by atoms with Crippen LogP contribution in [0.15, 0.2) is 35.7 Å². The number of rotatable bonds is 6. The average molecular weight is 372 g/mol. The number of thiophene rings is 1. The van der Waals surface area contributed by atoms with E-state index in [9.17, 15) is 9.59 Å². The highest BCUT2D eigenvalue weighted by Crippen LogP contribution is 2.24. The Bertz CT molecular complexity index is 677. The Balaban J connectivity index is 1.67. The van der Waals surface area contributed by atoms with Crippen LogP contribution in [0, 0.1) is 0 Å². The van der Waals surface area contributed by atoms with Crippen LogP contribution in [-0.4, -0.2) is 25.0 Å². The quantitative estimate of drug-likeness (QED) is 0.727. The second-order valence-electron chi connectivity index (χ2n) is 4.62. The Hall–Kier alpha value is -1.76. The van der Waals surface area contributed by atoms with Gasteiger partial charge < -0.3 is 10.6 Å². The van der Waals surface area contributed by atoms with Crippen LogP contribution in [0.25, 0.3) is 0 Å². The lowest BCUT2D eigenvalue weighted by Crippen LogP contribution is -2.42. The summed E-state index contributed by atoms with van der Waals surface area (Å²) in [6.45, 7) is 0.427. The highest BCUT2D eigenvalue weighted by molar-refractivity contribution is 7.09. The molecule has 3 N–H and O–H groups in total. The number of urea groups is 1. The maximum atomic E-state index is 11.7. The van der Waals surface area contributed by atoms with Crippen molar-refractivity contribution in [2.75, 3.05) is 18.4 Å². The van der Waals surface area contributed by atoms with Crippen molar-refractivity contribution in [1.29, 1.82) is 0 Å². The smallest absolute Gasteiger partial charge is 0.321 e. The monoisotopic (exact) mass is 371 g/mol. The first-order valence-electron chi connectivity index (χ1n) is 6.83. The van der Waals surface area contributed by atoms with Crippen LogP contribution >= 0.6 is 34.5 Å². The fraction of sp³-hybridized carbons (Fsp3) is 0.200. The summed E-state index contributed by atoms with van der Waals surface area (Å²) in [5.74, 6) is -0.440. The Morgan fingerprint density at radius 1 is 1.13 bits per heavy atom. The van der Waals surface area contributed by atoms with E-state index in [0.717, 1.165) is 6.42 Å². The van der Waals surface area contributed by atoms with Crippen molar-refractivity contribution in [3.8, 4) is 0 Å². The molecule has 1 aromatic carbocycles. The van der Waals surface area contributed by atoms with Crippen LogP contribution in [-0.2, 0) is 11.2 Å². The first kappa shape index (κ1) is 17.6. The van der Waals surface area contributed by atoms with E-state index in [1.807, 2.05) is 17.5 Å². The summed E-state index contributed by atoms with van der Waals surface area (Å²) in [5.41, 5.74) is 0.646. The standard InChI is InChI=1S/C15H15Cl2N3O2S/c16-12-4-3-10(8-13(12)17)19-9-14(21)20-15(22)18-6-5-11-2-1-7-23-11/h1-4,7-8,19H,5-6,9H2,(H2,18,20,21,22). The van der Waals surface area contributed by atoms with Crippen molar-refractivity contribution < 1.29 is 9.59 Å². The zero-order chi connectivity index (χ0) is 16.7. The first-order chi connectivity index (χ1) is 11.0. The lowest BCUT2D eigenvalue weighted by molar-refractivity contribution is -0.118. The molecule has 3 amide bonds. The van der Waals surface area contributed by atoms with Crippen molar-refractivity contribution in [2.45, 2.75) is 6.42 Å². The van der Waals surface area contributed by atoms with E-state index in [0.29, 0.717) is 22.3 Å². The van der Waals surface area contributed by atoms with Crippen LogP contribution in [0.3, 0.4) is 0 Å². The van der Waals surface area contributed by atoms with Gasteiger partial charge in [-0.15, -0.1) is 11.3 Å². The molecular weight excluding hydrogens is 357 g/mol. The molecule has 2 rings (SSSR count). The van der Waals surface area contributed by atoms with Crippen molar-refractivity contribution in [3.63, 3.8) is 0 Å². The molecule has 0 saturated heterocycles. The van der Waals surface area contributed by atoms with E-state index in [4.69, 9.17) is 23.2 Å². The van der Waals surface area contributed by atoms with Gasteiger partial charge in [0.05, 0.1) is 16.6 Å². The maximum absolute atomic E-state index is 11.7. The highest BCUT2D eigenvalue weighted by Gasteiger charge is 2.07. The molecule has 0 aliphatic heterocycles. The molecule has 0 aliphatic carbocycles. The molecule has 1 heterocycles. The number of benzene rings is 1. The van der Waals surface area contributed by atoms with Gasteiger partial charge in [-0.2, -0.15) is 0 Å². The minimum atomic E-state index is -0.512. The maximum Gasteiger partial charge on any atom is 0.321 e. The molecule has 2 aromatic rings. The van der Waals surface area contributed by atoms with Crippen molar-refractivity contribution in [3.05, 3.63) is 50.6 Å². The van der Waals surface area contributed by atoms with Gasteiger partial charge >= 0.3 is 6.03 Å². The molecule has 0 fully saturated rings. The summed E-state index contributed by atoms with van der Waals surface area (Å²) in [7, 11) is 0. The van der Waals surface area contributed by atoms with Gasteiger partial charge in [0.1, 0.15) is 0 Å². The van der Waals surface area contributed by atoms with Crippen LogP contribution in [0.2, 0.25) is 10.0 Å². The van der Waals surface area contributed by atoms with Crippen molar-refractivity contribution >= 4 is 52.2 Å². The van der Waals surface area contributed by atoms with E-state index in [-0.39, 0.29) is 6.54 Å². The van der Waals surface area contributed by atoms with Crippen LogP contribution in [0.5, 0.6) is 0 Å². The average Bonchev–Trinajstić information content (AvgIpc) is 3.02. The Morgan fingerprint density at radius 2 is 1.96 bits per heavy atom. The fourth-order valence-corrected chi connectivity index (χ4v) is 2.76. The predicted octanol–water partition coefficient (Wildman–Crippen LogP) is 3.54. The number of carbonyl (C=O) groups is 2. The van der Waals surface area contributed by atoms with Gasteiger partial charge in [0, 0.05) is 17.1 Å². The number of amides is 3. The normalized spacial score (nSPS) is 10.2. The Labute approximate surface area is 148 Å². The van der Waals surface area contributed by atoms with Gasteiger partial charge in [-0.25, -0.2) is 4.79 Å². The number of halogens is 2. The predicted molar refractivity (Wildman–Crippen MR) is 94.5 cm³/mol. The number of anilines is 1. The number of carbonyl (C=O) groups excluding carboxylic acids is 2. The van der Waals surface area contributed by atoms with E-state index >= 15 is 0 Å². The van der Waals surface area contributed by atoms with E-state index < -0.39 is 11.9 Å². The Morgan fingerprint density at radius 3 is 2.65 bits per heavy atom. The van der Waals surface area contributed by atoms with Gasteiger partial charge in [0.25, 0.3) is 0 Å². The number of imide groups is 1. The lowest BCUT2D eigenvalue weighted by atomic mass is 10.3. The first-order valence-corrected chi connectivity index (χ1v) is 8.47. The van der Waals surface area contributed by atoms with Gasteiger partial charge in [0.2, 0.25) is 5.91 Å². The molecule has 0 saturated carbocycles.